The van der Waals surface area contributed by atoms with E-state index in [0.717, 1.165) is 45.0 Å². The van der Waals surface area contributed by atoms with E-state index in [1.807, 2.05) is 4.90 Å². The molecule has 1 heterocycles. The van der Waals surface area contributed by atoms with Crippen LogP contribution in [-0.2, 0) is 22.6 Å². The number of likely N-dealkylation sites (tertiary alicyclic amines) is 1. The van der Waals surface area contributed by atoms with Crippen LogP contribution in [0.4, 0.5) is 0 Å². The molecule has 0 spiro atoms. The lowest BCUT2D eigenvalue weighted by atomic mass is 9.83. The van der Waals surface area contributed by atoms with Crippen LogP contribution in [0.15, 0.2) is 29.3 Å². The van der Waals surface area contributed by atoms with Crippen molar-refractivity contribution in [2.45, 2.75) is 78.8 Å². The van der Waals surface area contributed by atoms with Crippen LogP contribution in [0.1, 0.15) is 76.8 Å². The molecule has 0 radical (unpaired) electrons. The van der Waals surface area contributed by atoms with Crippen LogP contribution in [0.25, 0.3) is 0 Å². The molecule has 1 amide bonds. The van der Waals surface area contributed by atoms with Gasteiger partial charge >= 0.3 is 0 Å². The number of hydrogen-bond donors (Lipinski definition) is 2. The molecule has 0 bridgehead atoms. The van der Waals surface area contributed by atoms with Crippen molar-refractivity contribution in [3.63, 3.8) is 0 Å². The number of carbonyl (C=O) groups excluding carboxylic acids is 1. The third-order valence-corrected chi connectivity index (χ3v) is 6.87. The maximum absolute atomic E-state index is 12.0. The average Bonchev–Trinajstić information content (AvgIpc) is 3.41. The highest BCUT2D eigenvalue weighted by atomic mass is 16.5. The van der Waals surface area contributed by atoms with E-state index >= 15 is 0 Å². The average molecular weight is 457 g/mol. The number of nitrogens with zero attached hydrogens (tertiary/aromatic N) is 2. The Bertz CT molecular complexity index is 794. The fourth-order valence-electron chi connectivity index (χ4n) is 4.84. The molecular formula is C27H44N4O2. The van der Waals surface area contributed by atoms with Crippen molar-refractivity contribution in [2.75, 3.05) is 33.4 Å². The lowest BCUT2D eigenvalue weighted by Crippen LogP contribution is -2.45. The maximum Gasteiger partial charge on any atom is 0.222 e. The summed E-state index contributed by atoms with van der Waals surface area (Å²) in [5, 5.41) is 7.22. The van der Waals surface area contributed by atoms with Crippen LogP contribution in [0.3, 0.4) is 0 Å². The van der Waals surface area contributed by atoms with Crippen LogP contribution in [0, 0.1) is 10.8 Å². The minimum Gasteiger partial charge on any atom is -0.385 e. The van der Waals surface area contributed by atoms with Gasteiger partial charge in [0.05, 0.1) is 6.54 Å². The SMILES string of the molecule is COCCC1(CNC(=NCc2cccc(CN3CCCC3=O)c2)NCC(C)(C)C)CCCC1. The summed E-state index contributed by atoms with van der Waals surface area (Å²) in [6.07, 6.45) is 7.88. The van der Waals surface area contributed by atoms with E-state index in [0.29, 0.717) is 24.9 Å². The van der Waals surface area contributed by atoms with Crippen molar-refractivity contribution >= 4 is 11.9 Å². The largest absolute Gasteiger partial charge is 0.385 e. The summed E-state index contributed by atoms with van der Waals surface area (Å²) in [7, 11) is 1.79. The second-order valence-electron chi connectivity index (χ2n) is 11.1. The van der Waals surface area contributed by atoms with Crippen molar-refractivity contribution < 1.29 is 9.53 Å². The summed E-state index contributed by atoms with van der Waals surface area (Å²) in [4.78, 5) is 18.9. The van der Waals surface area contributed by atoms with E-state index in [1.165, 1.54) is 36.8 Å². The van der Waals surface area contributed by atoms with E-state index in [-0.39, 0.29) is 11.3 Å². The molecule has 1 aliphatic carbocycles. The zero-order chi connectivity index (χ0) is 23.7. The molecular weight excluding hydrogens is 412 g/mol. The van der Waals surface area contributed by atoms with Gasteiger partial charge in [-0.25, -0.2) is 4.99 Å². The van der Waals surface area contributed by atoms with Crippen LogP contribution < -0.4 is 10.6 Å². The van der Waals surface area contributed by atoms with Crippen molar-refractivity contribution in [1.29, 1.82) is 0 Å². The van der Waals surface area contributed by atoms with Gasteiger partial charge in [0, 0.05) is 46.3 Å². The highest BCUT2D eigenvalue weighted by molar-refractivity contribution is 5.80. The van der Waals surface area contributed by atoms with Gasteiger partial charge in [-0.05, 0) is 47.6 Å². The van der Waals surface area contributed by atoms with E-state index in [9.17, 15) is 4.79 Å². The lowest BCUT2D eigenvalue weighted by Gasteiger charge is -2.30. The standard InChI is InChI=1S/C27H44N4O2/c1-26(2,3)20-29-25(30-21-27(14-16-33-4)12-5-6-13-27)28-18-22-9-7-10-23(17-22)19-31-15-8-11-24(31)32/h7,9-10,17H,5-6,8,11-16,18-21H2,1-4H3,(H2,28,29,30). The fourth-order valence-corrected chi connectivity index (χ4v) is 4.84. The Kier molecular flexibility index (Phi) is 9.19. The fraction of sp³-hybridized carbons (Fsp3) is 0.704. The molecule has 1 saturated heterocycles. The van der Waals surface area contributed by atoms with Crippen molar-refractivity contribution in [3.05, 3.63) is 35.4 Å². The molecule has 1 aromatic carbocycles. The molecule has 0 aromatic heterocycles. The van der Waals surface area contributed by atoms with Crippen LogP contribution in [0.2, 0.25) is 0 Å². The number of rotatable bonds is 10. The van der Waals surface area contributed by atoms with Gasteiger partial charge in [-0.3, -0.25) is 4.79 Å². The highest BCUT2D eigenvalue weighted by Gasteiger charge is 2.33. The first-order valence-electron chi connectivity index (χ1n) is 12.7. The molecule has 33 heavy (non-hydrogen) atoms. The van der Waals surface area contributed by atoms with Crippen LogP contribution >= 0.6 is 0 Å². The van der Waals surface area contributed by atoms with Gasteiger partial charge in [-0.1, -0.05) is 57.9 Å². The van der Waals surface area contributed by atoms with Crippen molar-refractivity contribution in [1.82, 2.24) is 15.5 Å². The van der Waals surface area contributed by atoms with Crippen molar-refractivity contribution in [2.24, 2.45) is 15.8 Å². The molecule has 0 unspecified atom stereocenters. The molecule has 6 heteroatoms. The van der Waals surface area contributed by atoms with Gasteiger partial charge in [0.1, 0.15) is 0 Å². The van der Waals surface area contributed by atoms with Crippen molar-refractivity contribution in [3.8, 4) is 0 Å². The number of guanidine groups is 1. The van der Waals surface area contributed by atoms with Gasteiger partial charge in [0.25, 0.3) is 0 Å². The summed E-state index contributed by atoms with van der Waals surface area (Å²) in [6.45, 7) is 11.5. The first kappa shape index (κ1) is 25.5. The molecule has 1 saturated carbocycles. The quantitative estimate of drug-likeness (QED) is 0.402. The molecule has 0 atom stereocenters. The lowest BCUT2D eigenvalue weighted by molar-refractivity contribution is -0.128. The van der Waals surface area contributed by atoms with Gasteiger partial charge in [0.15, 0.2) is 5.96 Å². The predicted octanol–water partition coefficient (Wildman–Crippen LogP) is 4.49. The Balaban J connectivity index is 1.65. The Labute approximate surface area is 200 Å². The topological polar surface area (TPSA) is 66.0 Å². The second kappa shape index (κ2) is 11.9. The number of amides is 1. The summed E-state index contributed by atoms with van der Waals surface area (Å²) in [5.74, 6) is 1.15. The molecule has 1 aromatic rings. The Morgan fingerprint density at radius 3 is 2.58 bits per heavy atom. The van der Waals surface area contributed by atoms with Gasteiger partial charge in [-0.15, -0.1) is 0 Å². The summed E-state index contributed by atoms with van der Waals surface area (Å²) >= 11 is 0. The molecule has 2 N–H and O–H groups in total. The number of aliphatic imine (C=N–C) groups is 1. The molecule has 2 fully saturated rings. The Morgan fingerprint density at radius 2 is 1.91 bits per heavy atom. The second-order valence-corrected chi connectivity index (χ2v) is 11.1. The van der Waals surface area contributed by atoms with Crippen LogP contribution in [-0.4, -0.2) is 50.1 Å². The van der Waals surface area contributed by atoms with Gasteiger partial charge in [-0.2, -0.15) is 0 Å². The zero-order valence-electron chi connectivity index (χ0n) is 21.2. The van der Waals surface area contributed by atoms with Crippen LogP contribution in [0.5, 0.6) is 0 Å². The Morgan fingerprint density at radius 1 is 1.15 bits per heavy atom. The van der Waals surface area contributed by atoms with E-state index in [1.54, 1.807) is 7.11 Å². The summed E-state index contributed by atoms with van der Waals surface area (Å²) in [5.41, 5.74) is 2.83. The smallest absolute Gasteiger partial charge is 0.222 e. The molecule has 6 nitrogen and oxygen atoms in total. The highest BCUT2D eigenvalue weighted by Crippen LogP contribution is 2.40. The number of ether oxygens (including phenoxy) is 1. The van der Waals surface area contributed by atoms with Gasteiger partial charge in [0.2, 0.25) is 5.91 Å². The zero-order valence-corrected chi connectivity index (χ0v) is 21.2. The predicted molar refractivity (Wildman–Crippen MR) is 135 cm³/mol. The van der Waals surface area contributed by atoms with E-state index < -0.39 is 0 Å². The van der Waals surface area contributed by atoms with Gasteiger partial charge < -0.3 is 20.3 Å². The molecule has 184 valence electrons. The third kappa shape index (κ3) is 8.33. The first-order valence-corrected chi connectivity index (χ1v) is 12.7. The first-order chi connectivity index (χ1) is 15.8. The monoisotopic (exact) mass is 456 g/mol. The summed E-state index contributed by atoms with van der Waals surface area (Å²) in [6, 6.07) is 8.49. The van der Waals surface area contributed by atoms with E-state index in [4.69, 9.17) is 9.73 Å². The third-order valence-electron chi connectivity index (χ3n) is 6.87. The summed E-state index contributed by atoms with van der Waals surface area (Å²) < 4.78 is 5.40. The minimum atomic E-state index is 0.172. The normalized spacial score (nSPS) is 18.7. The van der Waals surface area contributed by atoms with E-state index in [2.05, 4.69) is 55.7 Å². The molecule has 1 aliphatic heterocycles. The Hall–Kier alpha value is -2.08. The number of methoxy groups -OCH3 is 1. The molecule has 3 rings (SSSR count). The number of nitrogens with one attached hydrogen (secondary N) is 2. The number of carbonyl (C=O) groups is 1. The number of hydrogen-bond acceptors (Lipinski definition) is 3. The maximum atomic E-state index is 12.0. The number of benzene rings is 1. The molecule has 2 aliphatic rings. The minimum absolute atomic E-state index is 0.172.